The summed E-state index contributed by atoms with van der Waals surface area (Å²) in [6, 6.07) is 5.86. The average Bonchev–Trinajstić information content (AvgIpc) is 2.70. The first-order valence-corrected chi connectivity index (χ1v) is 5.36. The number of hydrogen-bond donors (Lipinski definition) is 0. The van der Waals surface area contributed by atoms with Gasteiger partial charge in [-0.25, -0.2) is 4.39 Å². The van der Waals surface area contributed by atoms with Crippen molar-refractivity contribution in [3.05, 3.63) is 34.2 Å². The Labute approximate surface area is 105 Å². The molecular weight excluding hydrogens is 291 g/mol. The number of halogens is 2. The highest BCUT2D eigenvalue weighted by Crippen LogP contribution is 2.36. The molecule has 1 heterocycles. The van der Waals surface area contributed by atoms with E-state index in [0.717, 1.165) is 0 Å². The molecule has 6 heteroatoms. The number of ether oxygens (including phenoxy) is 1. The maximum absolute atomic E-state index is 13.2. The van der Waals surface area contributed by atoms with Crippen molar-refractivity contribution in [2.45, 2.75) is 0 Å². The van der Waals surface area contributed by atoms with E-state index in [4.69, 9.17) is 14.5 Å². The number of nitrogens with zero attached hydrogens (tertiary/aromatic N) is 2. The summed E-state index contributed by atoms with van der Waals surface area (Å²) in [6.45, 7) is 0. The Morgan fingerprint density at radius 2 is 2.29 bits per heavy atom. The number of nitriles is 1. The number of methoxy groups -OCH3 is 1. The van der Waals surface area contributed by atoms with Crippen LogP contribution < -0.4 is 4.74 Å². The van der Waals surface area contributed by atoms with Crippen LogP contribution in [0.1, 0.15) is 5.69 Å². The highest BCUT2D eigenvalue weighted by molar-refractivity contribution is 9.10. The Morgan fingerprint density at radius 3 is 2.88 bits per heavy atom. The highest BCUT2D eigenvalue weighted by atomic mass is 79.9. The maximum atomic E-state index is 13.2. The summed E-state index contributed by atoms with van der Waals surface area (Å²) < 4.78 is 23.7. The van der Waals surface area contributed by atoms with E-state index in [0.29, 0.717) is 15.8 Å². The predicted octanol–water partition coefficient (Wildman–Crippen LogP) is 3.12. The van der Waals surface area contributed by atoms with Gasteiger partial charge in [0, 0.05) is 0 Å². The minimum atomic E-state index is -0.428. The minimum absolute atomic E-state index is 0.103. The van der Waals surface area contributed by atoms with E-state index in [1.54, 1.807) is 0 Å². The number of aromatic nitrogens is 1. The van der Waals surface area contributed by atoms with Gasteiger partial charge in [-0.05, 0) is 34.1 Å². The van der Waals surface area contributed by atoms with E-state index in [1.807, 2.05) is 6.07 Å². The fourth-order valence-electron chi connectivity index (χ4n) is 1.37. The average molecular weight is 297 g/mol. The summed E-state index contributed by atoms with van der Waals surface area (Å²) in [5.41, 5.74) is 0.500. The smallest absolute Gasteiger partial charge is 0.198 e. The molecule has 0 atom stereocenters. The largest absolute Gasteiger partial charge is 0.496 e. The van der Waals surface area contributed by atoms with Gasteiger partial charge in [-0.1, -0.05) is 5.16 Å². The zero-order valence-corrected chi connectivity index (χ0v) is 10.3. The summed E-state index contributed by atoms with van der Waals surface area (Å²) in [5.74, 6) is 0.272. The summed E-state index contributed by atoms with van der Waals surface area (Å²) in [6.07, 6.45) is 0. The molecule has 0 bridgehead atoms. The van der Waals surface area contributed by atoms with Gasteiger partial charge in [-0.2, -0.15) is 5.26 Å². The molecule has 2 aromatic rings. The molecular formula is C11H6BrFN2O2. The second kappa shape index (κ2) is 4.55. The lowest BCUT2D eigenvalue weighted by molar-refractivity contribution is 0.404. The highest BCUT2D eigenvalue weighted by Gasteiger charge is 2.19. The van der Waals surface area contributed by atoms with Crippen molar-refractivity contribution < 1.29 is 13.7 Å². The lowest BCUT2D eigenvalue weighted by Gasteiger charge is -2.05. The van der Waals surface area contributed by atoms with Crippen molar-refractivity contribution in [1.29, 1.82) is 5.26 Å². The van der Waals surface area contributed by atoms with Gasteiger partial charge in [-0.3, -0.25) is 0 Å². The molecule has 2 rings (SSSR count). The van der Waals surface area contributed by atoms with Crippen molar-refractivity contribution in [2.75, 3.05) is 7.11 Å². The van der Waals surface area contributed by atoms with Crippen LogP contribution in [0.3, 0.4) is 0 Å². The van der Waals surface area contributed by atoms with Crippen LogP contribution in [0, 0.1) is 17.1 Å². The van der Waals surface area contributed by atoms with Gasteiger partial charge in [-0.15, -0.1) is 0 Å². The predicted molar refractivity (Wildman–Crippen MR) is 60.9 cm³/mol. The quantitative estimate of drug-likeness (QED) is 0.854. The molecule has 1 aromatic heterocycles. The molecule has 4 nitrogen and oxygen atoms in total. The Balaban J connectivity index is 2.63. The number of hydrogen-bond acceptors (Lipinski definition) is 4. The molecule has 0 aliphatic rings. The van der Waals surface area contributed by atoms with Gasteiger partial charge in [0.15, 0.2) is 11.5 Å². The molecule has 86 valence electrons. The molecule has 0 radical (unpaired) electrons. The molecule has 0 aliphatic heterocycles. The van der Waals surface area contributed by atoms with E-state index < -0.39 is 5.82 Å². The van der Waals surface area contributed by atoms with Gasteiger partial charge in [0.05, 0.1) is 12.7 Å². The third-order valence-corrected chi connectivity index (χ3v) is 2.88. The monoisotopic (exact) mass is 296 g/mol. The minimum Gasteiger partial charge on any atom is -0.496 e. The van der Waals surface area contributed by atoms with Crippen LogP contribution in [0.4, 0.5) is 4.39 Å². The van der Waals surface area contributed by atoms with Gasteiger partial charge < -0.3 is 9.26 Å². The lowest BCUT2D eigenvalue weighted by Crippen LogP contribution is -1.88. The second-order valence-corrected chi connectivity index (χ2v) is 3.92. The Morgan fingerprint density at radius 1 is 1.53 bits per heavy atom. The second-order valence-electron chi connectivity index (χ2n) is 3.13. The molecule has 0 amide bonds. The summed E-state index contributed by atoms with van der Waals surface area (Å²) in [4.78, 5) is 0. The molecule has 0 saturated carbocycles. The van der Waals surface area contributed by atoms with Crippen molar-refractivity contribution in [3.8, 4) is 23.1 Å². The third kappa shape index (κ3) is 2.01. The number of benzene rings is 1. The van der Waals surface area contributed by atoms with Crippen LogP contribution >= 0.6 is 15.9 Å². The Kier molecular flexibility index (Phi) is 3.11. The molecule has 0 aliphatic carbocycles. The van der Waals surface area contributed by atoms with E-state index in [1.165, 1.54) is 25.3 Å². The summed E-state index contributed by atoms with van der Waals surface area (Å²) >= 11 is 3.18. The van der Waals surface area contributed by atoms with Crippen molar-refractivity contribution in [1.82, 2.24) is 5.16 Å². The summed E-state index contributed by atoms with van der Waals surface area (Å²) in [7, 11) is 1.46. The molecule has 0 spiro atoms. The molecule has 0 N–H and O–H groups in total. The molecule has 17 heavy (non-hydrogen) atoms. The first-order chi connectivity index (χ1) is 8.17. The topological polar surface area (TPSA) is 59.1 Å². The van der Waals surface area contributed by atoms with Crippen LogP contribution in [0.15, 0.2) is 27.2 Å². The SMILES string of the molecule is COc1ccc(F)cc1-c1onc(C#N)c1Br. The van der Waals surface area contributed by atoms with Gasteiger partial charge in [0.1, 0.15) is 22.1 Å². The Bertz CT molecular complexity index is 604. The molecule has 0 saturated heterocycles. The zero-order valence-electron chi connectivity index (χ0n) is 8.70. The van der Waals surface area contributed by atoms with Crippen molar-refractivity contribution in [3.63, 3.8) is 0 Å². The Hall–Kier alpha value is -1.87. The van der Waals surface area contributed by atoms with E-state index in [-0.39, 0.29) is 11.5 Å². The molecule has 0 unspecified atom stereocenters. The fourth-order valence-corrected chi connectivity index (χ4v) is 1.82. The first-order valence-electron chi connectivity index (χ1n) is 4.56. The molecule has 0 fully saturated rings. The van der Waals surface area contributed by atoms with Crippen molar-refractivity contribution >= 4 is 15.9 Å². The van der Waals surface area contributed by atoms with Gasteiger partial charge in [0.25, 0.3) is 0 Å². The fraction of sp³-hybridized carbons (Fsp3) is 0.0909. The van der Waals surface area contributed by atoms with E-state index >= 15 is 0 Å². The standard InChI is InChI=1S/C11H6BrFN2O2/c1-16-9-3-2-6(13)4-7(9)11-10(12)8(5-14)15-17-11/h2-4H,1H3. The van der Waals surface area contributed by atoms with Crippen LogP contribution in [-0.2, 0) is 0 Å². The normalized spacial score (nSPS) is 10.0. The van der Waals surface area contributed by atoms with Crippen LogP contribution in [-0.4, -0.2) is 12.3 Å². The lowest BCUT2D eigenvalue weighted by atomic mass is 10.1. The summed E-state index contributed by atoms with van der Waals surface area (Å²) in [5, 5.41) is 12.3. The van der Waals surface area contributed by atoms with Crippen LogP contribution in [0.25, 0.3) is 11.3 Å². The third-order valence-electron chi connectivity index (χ3n) is 2.15. The number of rotatable bonds is 2. The van der Waals surface area contributed by atoms with E-state index in [2.05, 4.69) is 21.1 Å². The zero-order chi connectivity index (χ0) is 12.4. The first kappa shape index (κ1) is 11.6. The van der Waals surface area contributed by atoms with E-state index in [9.17, 15) is 4.39 Å². The van der Waals surface area contributed by atoms with Crippen LogP contribution in [0.5, 0.6) is 5.75 Å². The molecule has 1 aromatic carbocycles. The van der Waals surface area contributed by atoms with Crippen LogP contribution in [0.2, 0.25) is 0 Å². The maximum Gasteiger partial charge on any atom is 0.198 e. The van der Waals surface area contributed by atoms with Gasteiger partial charge >= 0.3 is 0 Å². The van der Waals surface area contributed by atoms with Gasteiger partial charge in [0.2, 0.25) is 0 Å². The van der Waals surface area contributed by atoms with Crippen molar-refractivity contribution in [2.24, 2.45) is 0 Å².